The van der Waals surface area contributed by atoms with Gasteiger partial charge in [-0.3, -0.25) is 4.90 Å². The highest BCUT2D eigenvalue weighted by atomic mass is 32.1. The van der Waals surface area contributed by atoms with Gasteiger partial charge in [-0.05, 0) is 50.7 Å². The van der Waals surface area contributed by atoms with Gasteiger partial charge in [0, 0.05) is 29.0 Å². The van der Waals surface area contributed by atoms with Crippen molar-refractivity contribution in [2.24, 2.45) is 0 Å². The van der Waals surface area contributed by atoms with Crippen LogP contribution >= 0.6 is 22.7 Å². The molecule has 1 aromatic carbocycles. The summed E-state index contributed by atoms with van der Waals surface area (Å²) in [5.41, 5.74) is 3.95. The van der Waals surface area contributed by atoms with Crippen molar-refractivity contribution in [3.63, 3.8) is 0 Å². The van der Waals surface area contributed by atoms with E-state index in [0.717, 1.165) is 58.7 Å². The minimum absolute atomic E-state index is 0.0935. The lowest BCUT2D eigenvalue weighted by atomic mass is 9.83. The summed E-state index contributed by atoms with van der Waals surface area (Å²) in [7, 11) is 2.21. The number of nitrogens with one attached hydrogen (secondary N) is 1. The lowest BCUT2D eigenvalue weighted by Gasteiger charge is -2.35. The predicted octanol–water partition coefficient (Wildman–Crippen LogP) is 5.37. The summed E-state index contributed by atoms with van der Waals surface area (Å²) in [5.74, 6) is 0.173. The molecule has 5 heterocycles. The van der Waals surface area contributed by atoms with Crippen LogP contribution in [0.1, 0.15) is 23.6 Å². The number of nitrogens with zero attached hydrogens (tertiary/aromatic N) is 3. The molecular formula is C22H21FN4OS2. The number of thiazole rings is 1. The molecule has 2 aliphatic heterocycles. The number of fused-ring (bicyclic) bond motifs is 2. The van der Waals surface area contributed by atoms with Crippen LogP contribution in [0.2, 0.25) is 0 Å². The summed E-state index contributed by atoms with van der Waals surface area (Å²) in [5, 5.41) is 4.33. The minimum atomic E-state index is -0.272. The number of thiophene rings is 1. The van der Waals surface area contributed by atoms with Gasteiger partial charge in [-0.15, -0.1) is 22.7 Å². The third kappa shape index (κ3) is 2.78. The topological polar surface area (TPSA) is 50.3 Å². The van der Waals surface area contributed by atoms with Gasteiger partial charge in [-0.2, -0.15) is 0 Å². The van der Waals surface area contributed by atoms with Crippen LogP contribution in [0.4, 0.5) is 15.8 Å². The Labute approximate surface area is 181 Å². The van der Waals surface area contributed by atoms with E-state index in [4.69, 9.17) is 4.74 Å². The minimum Gasteiger partial charge on any atom is -0.379 e. The molecule has 2 atom stereocenters. The Balaban J connectivity index is 1.39. The van der Waals surface area contributed by atoms with E-state index in [1.54, 1.807) is 35.2 Å². The van der Waals surface area contributed by atoms with Gasteiger partial charge in [0.2, 0.25) is 0 Å². The molecule has 2 fully saturated rings. The smallest absolute Gasteiger partial charge is 0.148 e. The van der Waals surface area contributed by atoms with Crippen LogP contribution in [-0.2, 0) is 4.74 Å². The zero-order chi connectivity index (χ0) is 20.3. The molecule has 8 heteroatoms. The zero-order valence-electron chi connectivity index (χ0n) is 16.5. The number of hydrogen-bond donors (Lipinski definition) is 1. The van der Waals surface area contributed by atoms with E-state index < -0.39 is 0 Å². The van der Waals surface area contributed by atoms with Crippen molar-refractivity contribution < 1.29 is 9.13 Å². The van der Waals surface area contributed by atoms with Crippen molar-refractivity contribution >= 4 is 54.5 Å². The molecule has 1 unspecified atom stereocenters. The molecule has 30 heavy (non-hydrogen) atoms. The Bertz CT molecular complexity index is 1250. The molecular weight excluding hydrogens is 419 g/mol. The Kier molecular flexibility index (Phi) is 4.31. The van der Waals surface area contributed by atoms with Gasteiger partial charge in [-0.1, -0.05) is 0 Å². The standard InChI is InChI=1S/C22H21FN4OS2/c1-27-6-3-14(22(27)4-7-28-11-22)19-8-13-16(2-5-24-21(13)30-19)26-17-10-18-20(9-15(17)23)29-12-25-18/h2,5,8-10,12,14H,3-4,6-7,11H2,1H3,(H,24,26)/t14-,22?/m0/s1. The molecule has 6 rings (SSSR count). The van der Waals surface area contributed by atoms with Crippen molar-refractivity contribution in [2.75, 3.05) is 32.1 Å². The maximum Gasteiger partial charge on any atom is 0.148 e. The molecule has 3 aromatic heterocycles. The molecule has 0 aliphatic carbocycles. The largest absolute Gasteiger partial charge is 0.379 e. The van der Waals surface area contributed by atoms with E-state index in [-0.39, 0.29) is 11.4 Å². The maximum atomic E-state index is 14.7. The van der Waals surface area contributed by atoms with E-state index in [1.807, 2.05) is 6.07 Å². The van der Waals surface area contributed by atoms with E-state index in [9.17, 15) is 4.39 Å². The number of pyridine rings is 1. The van der Waals surface area contributed by atoms with Crippen molar-refractivity contribution in [1.29, 1.82) is 0 Å². The van der Waals surface area contributed by atoms with Gasteiger partial charge in [0.15, 0.2) is 0 Å². The number of anilines is 2. The van der Waals surface area contributed by atoms with Crippen LogP contribution in [0, 0.1) is 5.82 Å². The summed E-state index contributed by atoms with van der Waals surface area (Å²) in [4.78, 5) is 13.7. The molecule has 1 spiro atoms. The first-order chi connectivity index (χ1) is 14.6. The molecule has 154 valence electrons. The number of likely N-dealkylation sites (N-methyl/N-ethyl adjacent to an activating group) is 1. The second kappa shape index (κ2) is 6.95. The molecule has 0 bridgehead atoms. The van der Waals surface area contributed by atoms with E-state index in [1.165, 1.54) is 16.2 Å². The summed E-state index contributed by atoms with van der Waals surface area (Å²) in [6, 6.07) is 7.49. The molecule has 0 radical (unpaired) electrons. The number of rotatable bonds is 3. The number of hydrogen-bond acceptors (Lipinski definition) is 7. The lowest BCUT2D eigenvalue weighted by molar-refractivity contribution is 0.111. The molecule has 4 aromatic rings. The van der Waals surface area contributed by atoms with Crippen LogP contribution < -0.4 is 5.32 Å². The first-order valence-electron chi connectivity index (χ1n) is 10.1. The zero-order valence-corrected chi connectivity index (χ0v) is 18.2. The Morgan fingerprint density at radius 3 is 3.07 bits per heavy atom. The van der Waals surface area contributed by atoms with Crippen LogP contribution in [-0.4, -0.2) is 47.2 Å². The van der Waals surface area contributed by atoms with Crippen molar-refractivity contribution in [3.8, 4) is 0 Å². The number of ether oxygens (including phenoxy) is 1. The number of benzene rings is 1. The van der Waals surface area contributed by atoms with Crippen molar-refractivity contribution in [3.05, 3.63) is 46.7 Å². The molecule has 0 amide bonds. The molecule has 5 nitrogen and oxygen atoms in total. The molecule has 0 saturated carbocycles. The number of likely N-dealkylation sites (tertiary alicyclic amines) is 1. The average molecular weight is 441 g/mol. The number of halogens is 1. The fourth-order valence-corrected chi connectivity index (χ4v) is 6.95. The Morgan fingerprint density at radius 2 is 2.20 bits per heavy atom. The quantitative estimate of drug-likeness (QED) is 0.464. The highest BCUT2D eigenvalue weighted by molar-refractivity contribution is 7.18. The van der Waals surface area contributed by atoms with E-state index in [0.29, 0.717) is 11.6 Å². The third-order valence-electron chi connectivity index (χ3n) is 6.68. The molecule has 2 aliphatic rings. The highest BCUT2D eigenvalue weighted by Crippen LogP contribution is 2.49. The van der Waals surface area contributed by atoms with Gasteiger partial charge < -0.3 is 10.1 Å². The fourth-order valence-electron chi connectivity index (χ4n) is 4.99. The van der Waals surface area contributed by atoms with Crippen LogP contribution in [0.3, 0.4) is 0 Å². The van der Waals surface area contributed by atoms with Crippen LogP contribution in [0.5, 0.6) is 0 Å². The van der Waals surface area contributed by atoms with Gasteiger partial charge in [-0.25, -0.2) is 14.4 Å². The fraction of sp³-hybridized carbons (Fsp3) is 0.364. The monoisotopic (exact) mass is 440 g/mol. The normalized spacial score (nSPS) is 24.5. The average Bonchev–Trinajstić information content (AvgIpc) is 3.51. The lowest BCUT2D eigenvalue weighted by Crippen LogP contribution is -2.45. The van der Waals surface area contributed by atoms with Crippen LogP contribution in [0.15, 0.2) is 36.0 Å². The predicted molar refractivity (Wildman–Crippen MR) is 121 cm³/mol. The molecule has 2 saturated heterocycles. The first-order valence-corrected chi connectivity index (χ1v) is 11.8. The summed E-state index contributed by atoms with van der Waals surface area (Å²) in [6.45, 7) is 2.70. The SMILES string of the molecule is CN1CC[C@@H](c2cc3c(Nc4cc5ncsc5cc4F)ccnc3s2)C12CCOC2. The summed E-state index contributed by atoms with van der Waals surface area (Å²) < 4.78 is 21.3. The maximum absolute atomic E-state index is 14.7. The van der Waals surface area contributed by atoms with Gasteiger partial charge >= 0.3 is 0 Å². The number of aromatic nitrogens is 2. The van der Waals surface area contributed by atoms with Crippen molar-refractivity contribution in [2.45, 2.75) is 24.3 Å². The first kappa shape index (κ1) is 18.6. The van der Waals surface area contributed by atoms with Gasteiger partial charge in [0.05, 0.1) is 39.2 Å². The second-order valence-corrected chi connectivity index (χ2v) is 10.1. The summed E-state index contributed by atoms with van der Waals surface area (Å²) >= 11 is 3.20. The Morgan fingerprint density at radius 1 is 1.27 bits per heavy atom. The van der Waals surface area contributed by atoms with E-state index in [2.05, 4.69) is 33.3 Å². The summed E-state index contributed by atoms with van der Waals surface area (Å²) in [6.07, 6.45) is 3.99. The van der Waals surface area contributed by atoms with E-state index >= 15 is 0 Å². The van der Waals surface area contributed by atoms with Crippen molar-refractivity contribution in [1.82, 2.24) is 14.9 Å². The Hall–Kier alpha value is -2.13. The van der Waals surface area contributed by atoms with Gasteiger partial charge in [0.25, 0.3) is 0 Å². The molecule has 1 N–H and O–H groups in total. The highest BCUT2D eigenvalue weighted by Gasteiger charge is 2.50. The van der Waals surface area contributed by atoms with Gasteiger partial charge in [0.1, 0.15) is 10.6 Å². The third-order valence-corrected chi connectivity index (χ3v) is 8.63. The van der Waals surface area contributed by atoms with Crippen LogP contribution in [0.25, 0.3) is 20.4 Å². The second-order valence-electron chi connectivity index (χ2n) is 8.17.